The number of nitrogens with zero attached hydrogens (tertiary/aromatic N) is 1. The Kier molecular flexibility index (Phi) is 4.45. The second kappa shape index (κ2) is 5.93. The maximum absolute atomic E-state index is 12.4. The van der Waals surface area contributed by atoms with Crippen LogP contribution in [0.25, 0.3) is 0 Å². The molecule has 20 heavy (non-hydrogen) atoms. The fourth-order valence-corrected chi connectivity index (χ4v) is 2.25. The molecule has 0 saturated carbocycles. The third-order valence-electron chi connectivity index (χ3n) is 3.53. The molecule has 3 nitrogen and oxygen atoms in total. The lowest BCUT2D eigenvalue weighted by molar-refractivity contribution is -0.137. The normalized spacial score (nSPS) is 18.2. The zero-order chi connectivity index (χ0) is 14.8. The van der Waals surface area contributed by atoms with Crippen molar-refractivity contribution in [3.8, 4) is 0 Å². The van der Waals surface area contributed by atoms with Crippen LogP contribution in [0.2, 0.25) is 0 Å². The van der Waals surface area contributed by atoms with Crippen LogP contribution in [0, 0.1) is 0 Å². The standard InChI is InChI=1S/C14H17F3N2O/c15-14(16,17)11-3-1-10(2-4-11)13(20)9-19-7-5-12(18)6-8-19/h1-4,12H,5-9,18H2. The highest BCUT2D eigenvalue weighted by Gasteiger charge is 2.30. The lowest BCUT2D eigenvalue weighted by Gasteiger charge is -2.29. The molecule has 1 aromatic carbocycles. The molecule has 0 bridgehead atoms. The van der Waals surface area contributed by atoms with Gasteiger partial charge >= 0.3 is 6.18 Å². The van der Waals surface area contributed by atoms with Crippen LogP contribution in [0.1, 0.15) is 28.8 Å². The third kappa shape index (κ3) is 3.80. The highest BCUT2D eigenvalue weighted by molar-refractivity contribution is 5.97. The van der Waals surface area contributed by atoms with Crippen molar-refractivity contribution in [2.24, 2.45) is 5.73 Å². The summed E-state index contributed by atoms with van der Waals surface area (Å²) in [5.41, 5.74) is 5.35. The summed E-state index contributed by atoms with van der Waals surface area (Å²) in [5, 5.41) is 0. The van der Waals surface area contributed by atoms with Gasteiger partial charge in [0, 0.05) is 24.7 Å². The molecule has 1 aliphatic heterocycles. The Morgan fingerprint density at radius 3 is 2.25 bits per heavy atom. The Morgan fingerprint density at radius 2 is 1.75 bits per heavy atom. The molecule has 110 valence electrons. The van der Waals surface area contributed by atoms with Gasteiger partial charge in [-0.25, -0.2) is 0 Å². The van der Waals surface area contributed by atoms with Crippen LogP contribution in [-0.4, -0.2) is 36.4 Å². The van der Waals surface area contributed by atoms with E-state index >= 15 is 0 Å². The number of carbonyl (C=O) groups is 1. The number of hydrogen-bond acceptors (Lipinski definition) is 3. The largest absolute Gasteiger partial charge is 0.416 e. The van der Waals surface area contributed by atoms with E-state index < -0.39 is 11.7 Å². The maximum atomic E-state index is 12.4. The van der Waals surface area contributed by atoms with Crippen molar-refractivity contribution in [2.45, 2.75) is 25.1 Å². The number of alkyl halides is 3. The highest BCUT2D eigenvalue weighted by Crippen LogP contribution is 2.29. The monoisotopic (exact) mass is 286 g/mol. The molecule has 0 unspecified atom stereocenters. The smallest absolute Gasteiger partial charge is 0.328 e. The van der Waals surface area contributed by atoms with Crippen molar-refractivity contribution in [1.82, 2.24) is 4.90 Å². The summed E-state index contributed by atoms with van der Waals surface area (Å²) in [4.78, 5) is 14.0. The van der Waals surface area contributed by atoms with Crippen molar-refractivity contribution in [1.29, 1.82) is 0 Å². The topological polar surface area (TPSA) is 46.3 Å². The number of likely N-dealkylation sites (tertiary alicyclic amines) is 1. The van der Waals surface area contributed by atoms with E-state index in [-0.39, 0.29) is 18.4 Å². The van der Waals surface area contributed by atoms with Crippen molar-refractivity contribution >= 4 is 5.78 Å². The Hall–Kier alpha value is -1.40. The predicted molar refractivity (Wildman–Crippen MR) is 69.4 cm³/mol. The zero-order valence-electron chi connectivity index (χ0n) is 11.0. The maximum Gasteiger partial charge on any atom is 0.416 e. The lowest BCUT2D eigenvalue weighted by Crippen LogP contribution is -2.41. The van der Waals surface area contributed by atoms with E-state index in [2.05, 4.69) is 0 Å². The molecule has 2 N–H and O–H groups in total. The molecule has 0 radical (unpaired) electrons. The Morgan fingerprint density at radius 1 is 1.20 bits per heavy atom. The van der Waals surface area contributed by atoms with Crippen LogP contribution >= 0.6 is 0 Å². The summed E-state index contributed by atoms with van der Waals surface area (Å²) in [5.74, 6) is -0.158. The quantitative estimate of drug-likeness (QED) is 0.867. The fourth-order valence-electron chi connectivity index (χ4n) is 2.25. The predicted octanol–water partition coefficient (Wildman–Crippen LogP) is 2.31. The van der Waals surface area contributed by atoms with Crippen molar-refractivity contribution in [2.75, 3.05) is 19.6 Å². The van der Waals surface area contributed by atoms with Crippen molar-refractivity contribution in [3.63, 3.8) is 0 Å². The van der Waals surface area contributed by atoms with Gasteiger partial charge in [-0.05, 0) is 25.0 Å². The minimum atomic E-state index is -4.37. The Bertz CT molecular complexity index is 462. The van der Waals surface area contributed by atoms with E-state index in [1.807, 2.05) is 4.90 Å². The summed E-state index contributed by atoms with van der Waals surface area (Å²) in [6, 6.07) is 4.55. The molecule has 1 aliphatic rings. The number of carbonyl (C=O) groups excluding carboxylic acids is 1. The number of Topliss-reactive ketones (excluding diaryl/α,β-unsaturated/α-hetero) is 1. The number of benzene rings is 1. The Labute approximate surface area is 115 Å². The summed E-state index contributed by atoms with van der Waals surface area (Å²) < 4.78 is 37.3. The molecule has 0 aliphatic carbocycles. The second-order valence-electron chi connectivity index (χ2n) is 5.11. The van der Waals surface area contributed by atoms with Crippen LogP contribution in [0.5, 0.6) is 0 Å². The van der Waals surface area contributed by atoms with Crippen LogP contribution in [0.3, 0.4) is 0 Å². The summed E-state index contributed by atoms with van der Waals surface area (Å²) >= 11 is 0. The first-order valence-electron chi connectivity index (χ1n) is 6.54. The van der Waals surface area contributed by atoms with E-state index in [4.69, 9.17) is 5.73 Å². The second-order valence-corrected chi connectivity index (χ2v) is 5.11. The molecular weight excluding hydrogens is 269 g/mol. The number of rotatable bonds is 3. The molecule has 1 fully saturated rings. The fraction of sp³-hybridized carbons (Fsp3) is 0.500. The van der Waals surface area contributed by atoms with Gasteiger partial charge in [-0.15, -0.1) is 0 Å². The van der Waals surface area contributed by atoms with Gasteiger partial charge in [0.2, 0.25) is 0 Å². The van der Waals surface area contributed by atoms with Gasteiger partial charge in [-0.2, -0.15) is 13.2 Å². The molecule has 6 heteroatoms. The van der Waals surface area contributed by atoms with E-state index in [0.29, 0.717) is 5.56 Å². The number of ketones is 1. The van der Waals surface area contributed by atoms with Crippen LogP contribution in [0.15, 0.2) is 24.3 Å². The number of halogens is 3. The van der Waals surface area contributed by atoms with Gasteiger partial charge in [-0.1, -0.05) is 12.1 Å². The van der Waals surface area contributed by atoms with Crippen LogP contribution < -0.4 is 5.73 Å². The van der Waals surface area contributed by atoms with Crippen molar-refractivity contribution < 1.29 is 18.0 Å². The van der Waals surface area contributed by atoms with Gasteiger partial charge in [-0.3, -0.25) is 9.69 Å². The molecular formula is C14H17F3N2O. The first-order valence-corrected chi connectivity index (χ1v) is 6.54. The third-order valence-corrected chi connectivity index (χ3v) is 3.53. The number of nitrogens with two attached hydrogens (primary N) is 1. The van der Waals surface area contributed by atoms with Gasteiger partial charge in [0.1, 0.15) is 0 Å². The summed E-state index contributed by atoms with van der Waals surface area (Å²) in [6.45, 7) is 1.75. The lowest BCUT2D eigenvalue weighted by atomic mass is 10.0. The molecule has 1 saturated heterocycles. The minimum Gasteiger partial charge on any atom is -0.328 e. The number of hydrogen-bond donors (Lipinski definition) is 1. The summed E-state index contributed by atoms with van der Waals surface area (Å²) in [6.07, 6.45) is -2.68. The first-order chi connectivity index (χ1) is 9.36. The van der Waals surface area contributed by atoms with Crippen LogP contribution in [0.4, 0.5) is 13.2 Å². The molecule has 1 aromatic rings. The summed E-state index contributed by atoms with van der Waals surface area (Å²) in [7, 11) is 0. The highest BCUT2D eigenvalue weighted by atomic mass is 19.4. The molecule has 2 rings (SSSR count). The molecule has 0 spiro atoms. The van der Waals surface area contributed by atoms with E-state index in [1.54, 1.807) is 0 Å². The Balaban J connectivity index is 1.96. The van der Waals surface area contributed by atoms with Crippen LogP contribution in [-0.2, 0) is 6.18 Å². The van der Waals surface area contributed by atoms with Gasteiger partial charge < -0.3 is 5.73 Å². The van der Waals surface area contributed by atoms with E-state index in [0.717, 1.165) is 38.1 Å². The molecule has 0 aromatic heterocycles. The zero-order valence-corrected chi connectivity index (χ0v) is 11.0. The average Bonchev–Trinajstić information content (AvgIpc) is 2.40. The van der Waals surface area contributed by atoms with Gasteiger partial charge in [0.25, 0.3) is 0 Å². The average molecular weight is 286 g/mol. The van der Waals surface area contributed by atoms with Crippen molar-refractivity contribution in [3.05, 3.63) is 35.4 Å². The van der Waals surface area contributed by atoms with E-state index in [1.165, 1.54) is 12.1 Å². The molecule has 0 amide bonds. The minimum absolute atomic E-state index is 0.158. The first kappa shape index (κ1) is 15.0. The molecule has 0 atom stereocenters. The number of piperidine rings is 1. The van der Waals surface area contributed by atoms with Gasteiger partial charge in [0.15, 0.2) is 5.78 Å². The van der Waals surface area contributed by atoms with E-state index in [9.17, 15) is 18.0 Å². The molecule has 1 heterocycles. The SMILES string of the molecule is NC1CCN(CC(=O)c2ccc(C(F)(F)F)cc2)CC1. The van der Waals surface area contributed by atoms with Gasteiger partial charge in [0.05, 0.1) is 12.1 Å².